The Morgan fingerprint density at radius 3 is 2.10 bits per heavy atom. The summed E-state index contributed by atoms with van der Waals surface area (Å²) in [7, 11) is -2.38. The molecular weight excluding hydrogens is 347 g/mol. The zero-order chi connectivity index (χ0) is 15.2. The monoisotopic (exact) mass is 364 g/mol. The Balaban J connectivity index is 3.26. The van der Waals surface area contributed by atoms with E-state index < -0.39 is 19.2 Å². The fourth-order valence-corrected chi connectivity index (χ4v) is 4.01. The van der Waals surface area contributed by atoms with Crippen molar-refractivity contribution in [1.82, 2.24) is 0 Å². The molecule has 0 aliphatic rings. The molecule has 7 heteroatoms. The minimum Gasteiger partial charge on any atom is -0.468 e. The van der Waals surface area contributed by atoms with E-state index in [4.69, 9.17) is 13.8 Å². The lowest BCUT2D eigenvalue weighted by molar-refractivity contribution is -0.140. The number of carbonyl (C=O) groups excluding carboxylic acids is 1. The van der Waals surface area contributed by atoms with Gasteiger partial charge < -0.3 is 13.8 Å². The summed E-state index contributed by atoms with van der Waals surface area (Å²) in [6.07, 6.45) is 0. The van der Waals surface area contributed by atoms with Crippen LogP contribution in [0.4, 0.5) is 0 Å². The van der Waals surface area contributed by atoms with E-state index >= 15 is 0 Å². The third-order valence-electron chi connectivity index (χ3n) is 2.54. The van der Waals surface area contributed by atoms with Gasteiger partial charge in [0.25, 0.3) is 0 Å². The van der Waals surface area contributed by atoms with E-state index in [0.717, 1.165) is 4.47 Å². The molecule has 1 aromatic rings. The maximum Gasteiger partial charge on any atom is 0.349 e. The summed E-state index contributed by atoms with van der Waals surface area (Å²) >= 11 is 3.31. The Morgan fingerprint density at radius 1 is 1.20 bits per heavy atom. The van der Waals surface area contributed by atoms with Crippen LogP contribution in [0.5, 0.6) is 0 Å². The zero-order valence-corrected chi connectivity index (χ0v) is 14.1. The van der Waals surface area contributed by atoms with Gasteiger partial charge in [-0.3, -0.25) is 9.36 Å². The second kappa shape index (κ2) is 7.93. The standard InChI is InChI=1S/C13H18BrO5P/c1-4-18-20(16,19-5-2)12(13(15)17-3)10-6-8-11(14)9-7-10/h6-9,12H,4-5H2,1-3H3/t12-/m0/s1. The van der Waals surface area contributed by atoms with Gasteiger partial charge in [-0.25, -0.2) is 0 Å². The van der Waals surface area contributed by atoms with Gasteiger partial charge in [0.2, 0.25) is 0 Å². The van der Waals surface area contributed by atoms with Gasteiger partial charge in [-0.15, -0.1) is 0 Å². The first-order chi connectivity index (χ1) is 9.48. The first-order valence-corrected chi connectivity index (χ1v) is 8.61. The molecule has 0 bridgehead atoms. The molecule has 0 saturated heterocycles. The number of hydrogen-bond acceptors (Lipinski definition) is 5. The summed E-state index contributed by atoms with van der Waals surface area (Å²) in [6.45, 7) is 3.76. The average Bonchev–Trinajstić information content (AvgIpc) is 2.41. The molecule has 0 unspecified atom stereocenters. The molecule has 0 aliphatic carbocycles. The van der Waals surface area contributed by atoms with Crippen LogP contribution in [-0.4, -0.2) is 26.3 Å². The van der Waals surface area contributed by atoms with Gasteiger partial charge in [0, 0.05) is 4.47 Å². The molecule has 0 amide bonds. The second-order valence-electron chi connectivity index (χ2n) is 3.85. The summed E-state index contributed by atoms with van der Waals surface area (Å²) in [5, 5.41) is 0. The number of ether oxygens (including phenoxy) is 1. The van der Waals surface area contributed by atoms with Gasteiger partial charge >= 0.3 is 13.6 Å². The number of rotatable bonds is 7. The number of hydrogen-bond donors (Lipinski definition) is 0. The lowest BCUT2D eigenvalue weighted by Gasteiger charge is -2.24. The van der Waals surface area contributed by atoms with Gasteiger partial charge in [0.05, 0.1) is 20.3 Å². The highest BCUT2D eigenvalue weighted by atomic mass is 79.9. The summed E-state index contributed by atoms with van der Waals surface area (Å²) in [5.74, 6) is -0.641. The van der Waals surface area contributed by atoms with Crippen LogP contribution in [0.15, 0.2) is 28.7 Å². The summed E-state index contributed by atoms with van der Waals surface area (Å²) in [4.78, 5) is 12.0. The molecule has 0 aliphatic heterocycles. The molecule has 0 heterocycles. The second-order valence-corrected chi connectivity index (χ2v) is 6.88. The predicted octanol–water partition coefficient (Wildman–Crippen LogP) is 3.93. The molecular formula is C13H18BrO5P. The molecule has 0 N–H and O–H groups in total. The van der Waals surface area contributed by atoms with Crippen molar-refractivity contribution in [3.8, 4) is 0 Å². The average molecular weight is 365 g/mol. The van der Waals surface area contributed by atoms with Crippen molar-refractivity contribution in [2.75, 3.05) is 20.3 Å². The van der Waals surface area contributed by atoms with Crippen molar-refractivity contribution < 1.29 is 23.1 Å². The molecule has 1 atom stereocenters. The molecule has 20 heavy (non-hydrogen) atoms. The van der Waals surface area contributed by atoms with Gasteiger partial charge in [0.1, 0.15) is 0 Å². The molecule has 5 nitrogen and oxygen atoms in total. The van der Waals surface area contributed by atoms with E-state index in [1.165, 1.54) is 7.11 Å². The third kappa shape index (κ3) is 4.16. The van der Waals surface area contributed by atoms with E-state index in [9.17, 15) is 9.36 Å². The van der Waals surface area contributed by atoms with Gasteiger partial charge in [-0.1, -0.05) is 28.1 Å². The quantitative estimate of drug-likeness (QED) is 0.541. The van der Waals surface area contributed by atoms with Crippen LogP contribution in [0.1, 0.15) is 25.1 Å². The van der Waals surface area contributed by atoms with Crippen molar-refractivity contribution >= 4 is 29.5 Å². The van der Waals surface area contributed by atoms with Crippen LogP contribution in [0.25, 0.3) is 0 Å². The molecule has 1 rings (SSSR count). The lowest BCUT2D eigenvalue weighted by atomic mass is 10.1. The van der Waals surface area contributed by atoms with Gasteiger partial charge in [-0.05, 0) is 31.5 Å². The van der Waals surface area contributed by atoms with Crippen molar-refractivity contribution in [1.29, 1.82) is 0 Å². The molecule has 0 aromatic heterocycles. The molecule has 0 saturated carbocycles. The topological polar surface area (TPSA) is 61.8 Å². The smallest absolute Gasteiger partial charge is 0.349 e. The van der Waals surface area contributed by atoms with Crippen molar-refractivity contribution in [2.45, 2.75) is 19.5 Å². The van der Waals surface area contributed by atoms with Crippen LogP contribution in [0.2, 0.25) is 0 Å². The molecule has 112 valence electrons. The molecule has 0 radical (unpaired) electrons. The largest absolute Gasteiger partial charge is 0.468 e. The molecule has 0 spiro atoms. The number of esters is 1. The summed E-state index contributed by atoms with van der Waals surface area (Å²) in [6, 6.07) is 6.90. The van der Waals surface area contributed by atoms with Gasteiger partial charge in [0.15, 0.2) is 5.66 Å². The fraction of sp³-hybridized carbons (Fsp3) is 0.462. The van der Waals surface area contributed by atoms with Crippen LogP contribution in [0, 0.1) is 0 Å². The van der Waals surface area contributed by atoms with Crippen molar-refractivity contribution in [2.24, 2.45) is 0 Å². The van der Waals surface area contributed by atoms with E-state index in [1.54, 1.807) is 38.1 Å². The maximum absolute atomic E-state index is 12.8. The minimum atomic E-state index is -3.63. The third-order valence-corrected chi connectivity index (χ3v) is 5.45. The Bertz CT molecular complexity index is 478. The SMILES string of the molecule is CCOP(=O)(OCC)[C@H](C(=O)OC)c1ccc(Br)cc1. The zero-order valence-electron chi connectivity index (χ0n) is 11.7. The van der Waals surface area contributed by atoms with Crippen molar-refractivity contribution in [3.63, 3.8) is 0 Å². The Labute approximate surface area is 127 Å². The minimum absolute atomic E-state index is 0.182. The van der Waals surface area contributed by atoms with E-state index in [-0.39, 0.29) is 13.2 Å². The van der Waals surface area contributed by atoms with Crippen molar-refractivity contribution in [3.05, 3.63) is 34.3 Å². The number of carbonyl (C=O) groups is 1. The molecule has 1 aromatic carbocycles. The molecule has 0 fully saturated rings. The first-order valence-electron chi connectivity index (χ1n) is 6.20. The van der Waals surface area contributed by atoms with Crippen LogP contribution in [0.3, 0.4) is 0 Å². The predicted molar refractivity (Wildman–Crippen MR) is 79.8 cm³/mol. The van der Waals surface area contributed by atoms with E-state index in [2.05, 4.69) is 15.9 Å². The highest BCUT2D eigenvalue weighted by molar-refractivity contribution is 9.10. The Morgan fingerprint density at radius 2 is 1.70 bits per heavy atom. The lowest BCUT2D eigenvalue weighted by Crippen LogP contribution is -2.17. The van der Waals surface area contributed by atoms with Crippen LogP contribution in [-0.2, 0) is 23.1 Å². The first kappa shape index (κ1) is 17.4. The summed E-state index contributed by atoms with van der Waals surface area (Å²) in [5.41, 5.74) is -0.550. The van der Waals surface area contributed by atoms with E-state index in [0.29, 0.717) is 5.56 Å². The van der Waals surface area contributed by atoms with E-state index in [1.807, 2.05) is 0 Å². The van der Waals surface area contributed by atoms with Gasteiger partial charge in [-0.2, -0.15) is 0 Å². The highest BCUT2D eigenvalue weighted by Gasteiger charge is 2.43. The number of benzene rings is 1. The fourth-order valence-electron chi connectivity index (χ4n) is 1.75. The van der Waals surface area contributed by atoms with Crippen LogP contribution >= 0.6 is 23.5 Å². The van der Waals surface area contributed by atoms with Crippen LogP contribution < -0.4 is 0 Å². The summed E-state index contributed by atoms with van der Waals surface area (Å²) < 4.78 is 29.0. The normalized spacial score (nSPS) is 13.0. The Kier molecular flexibility index (Phi) is 6.89. The highest BCUT2D eigenvalue weighted by Crippen LogP contribution is 2.61. The Hall–Kier alpha value is -0.680. The number of methoxy groups -OCH3 is 1. The number of halogens is 1. The maximum atomic E-state index is 12.8.